The van der Waals surface area contributed by atoms with Gasteiger partial charge in [0.25, 0.3) is 11.6 Å². The molecule has 12 nitrogen and oxygen atoms in total. The fourth-order valence-corrected chi connectivity index (χ4v) is 4.50. The predicted octanol–water partition coefficient (Wildman–Crippen LogP) is 4.78. The highest BCUT2D eigenvalue weighted by Crippen LogP contribution is 2.38. The van der Waals surface area contributed by atoms with Crippen molar-refractivity contribution in [3.63, 3.8) is 0 Å². The molecule has 3 amide bonds. The number of pyridine rings is 1. The first-order valence-electron chi connectivity index (χ1n) is 9.95. The highest BCUT2D eigenvalue weighted by atomic mass is 79.9. The summed E-state index contributed by atoms with van der Waals surface area (Å²) in [5.41, 5.74) is 0.411. The molecule has 1 saturated heterocycles. The van der Waals surface area contributed by atoms with E-state index in [4.69, 9.17) is 9.15 Å². The van der Waals surface area contributed by atoms with Gasteiger partial charge in [-0.2, -0.15) is 0 Å². The third-order valence-electron chi connectivity index (χ3n) is 4.79. The maximum atomic E-state index is 12.8. The summed E-state index contributed by atoms with van der Waals surface area (Å²) in [5, 5.41) is 13.3. The van der Waals surface area contributed by atoms with E-state index >= 15 is 0 Å². The Morgan fingerprint density at radius 3 is 2.56 bits per heavy atom. The van der Waals surface area contributed by atoms with Crippen molar-refractivity contribution in [1.82, 2.24) is 15.2 Å². The van der Waals surface area contributed by atoms with Crippen LogP contribution in [0.5, 0.6) is 11.6 Å². The average molecular weight is 622 g/mol. The summed E-state index contributed by atoms with van der Waals surface area (Å²) in [4.78, 5) is 51.8. The molecule has 184 valence electrons. The molecule has 4 rings (SSSR count). The first-order valence-corrected chi connectivity index (χ1v) is 11.5. The maximum Gasteiger partial charge on any atom is 0.373 e. The number of aromatic nitrogens is 1. The van der Waals surface area contributed by atoms with Crippen LogP contribution in [0.2, 0.25) is 0 Å². The summed E-state index contributed by atoms with van der Waals surface area (Å²) in [7, 11) is 1.21. The molecule has 1 aromatic carbocycles. The van der Waals surface area contributed by atoms with E-state index in [1.165, 1.54) is 37.5 Å². The quantitative estimate of drug-likeness (QED) is 0.129. The van der Waals surface area contributed by atoms with Crippen molar-refractivity contribution in [3.8, 4) is 11.6 Å². The summed E-state index contributed by atoms with van der Waals surface area (Å²) in [6.07, 6.45) is 2.56. The molecule has 3 heterocycles. The minimum atomic E-state index is -0.674. The van der Waals surface area contributed by atoms with Crippen LogP contribution in [0, 0.1) is 10.1 Å². The molecule has 36 heavy (non-hydrogen) atoms. The van der Waals surface area contributed by atoms with Gasteiger partial charge in [0.2, 0.25) is 11.6 Å². The molecule has 0 saturated carbocycles. The number of nitrogens with one attached hydrogen (secondary N) is 1. The molecule has 1 aliphatic rings. The highest BCUT2D eigenvalue weighted by molar-refractivity contribution is 9.11. The van der Waals surface area contributed by atoms with Crippen LogP contribution in [0.1, 0.15) is 21.9 Å². The molecule has 3 aromatic rings. The van der Waals surface area contributed by atoms with Crippen LogP contribution in [-0.2, 0) is 16.1 Å². The number of urea groups is 1. The van der Waals surface area contributed by atoms with Crippen molar-refractivity contribution in [1.29, 1.82) is 0 Å². The Bertz CT molecular complexity index is 1390. The minimum absolute atomic E-state index is 0.0317. The molecule has 0 unspecified atom stereocenters. The molecule has 0 atom stereocenters. The van der Waals surface area contributed by atoms with Crippen LogP contribution in [0.3, 0.4) is 0 Å². The van der Waals surface area contributed by atoms with Crippen molar-refractivity contribution in [2.75, 3.05) is 7.11 Å². The van der Waals surface area contributed by atoms with E-state index in [1.54, 1.807) is 12.1 Å². The fourth-order valence-electron chi connectivity index (χ4n) is 3.12. The number of methoxy groups -OCH3 is 1. The largest absolute Gasteiger partial charge is 0.463 e. The van der Waals surface area contributed by atoms with E-state index in [0.717, 1.165) is 11.1 Å². The van der Waals surface area contributed by atoms with Crippen molar-refractivity contribution in [2.24, 2.45) is 0 Å². The molecule has 0 bridgehead atoms. The molecule has 14 heteroatoms. The monoisotopic (exact) mass is 620 g/mol. The van der Waals surface area contributed by atoms with E-state index in [-0.39, 0.29) is 35.3 Å². The minimum Gasteiger partial charge on any atom is -0.463 e. The number of nitro groups is 1. The van der Waals surface area contributed by atoms with Gasteiger partial charge in [0.1, 0.15) is 17.7 Å². The molecule has 1 N–H and O–H groups in total. The van der Waals surface area contributed by atoms with Gasteiger partial charge in [-0.05, 0) is 67.8 Å². The normalized spacial score (nSPS) is 14.2. The SMILES string of the molecule is COC(=O)c1ccc(CN2C(=O)N/C(=C\c3cc(Br)c(Oc4ccc([N+](=O)[O-])cn4)c(Br)c3)C2=O)o1. The van der Waals surface area contributed by atoms with E-state index in [2.05, 4.69) is 46.9 Å². The van der Waals surface area contributed by atoms with E-state index in [9.17, 15) is 24.5 Å². The van der Waals surface area contributed by atoms with Gasteiger partial charge >= 0.3 is 12.0 Å². The second-order valence-corrected chi connectivity index (χ2v) is 8.87. The van der Waals surface area contributed by atoms with Crippen LogP contribution in [0.25, 0.3) is 6.08 Å². The number of furan rings is 1. The van der Waals surface area contributed by atoms with E-state index < -0.39 is 22.8 Å². The summed E-state index contributed by atoms with van der Waals surface area (Å²) < 4.78 is 16.6. The third kappa shape index (κ3) is 5.28. The smallest absolute Gasteiger partial charge is 0.373 e. The fraction of sp³-hybridized carbons (Fsp3) is 0.0909. The average Bonchev–Trinajstić information content (AvgIpc) is 3.41. The lowest BCUT2D eigenvalue weighted by atomic mass is 10.2. The van der Waals surface area contributed by atoms with Crippen molar-refractivity contribution < 1.29 is 33.2 Å². The van der Waals surface area contributed by atoms with Crippen molar-refractivity contribution in [2.45, 2.75) is 6.54 Å². The predicted molar refractivity (Wildman–Crippen MR) is 130 cm³/mol. The molecule has 1 fully saturated rings. The van der Waals surface area contributed by atoms with Gasteiger partial charge in [-0.3, -0.25) is 19.8 Å². The van der Waals surface area contributed by atoms with Gasteiger partial charge in [-0.25, -0.2) is 14.6 Å². The third-order valence-corrected chi connectivity index (χ3v) is 5.97. The van der Waals surface area contributed by atoms with Crippen LogP contribution >= 0.6 is 31.9 Å². The summed E-state index contributed by atoms with van der Waals surface area (Å²) >= 11 is 6.78. The Hall–Kier alpha value is -4.04. The molecular formula is C22H14Br2N4O8. The van der Waals surface area contributed by atoms with Crippen LogP contribution in [-0.4, -0.2) is 39.8 Å². The molecule has 1 aliphatic heterocycles. The first kappa shape index (κ1) is 25.1. The number of hydrogen-bond donors (Lipinski definition) is 1. The Balaban J connectivity index is 1.50. The lowest BCUT2D eigenvalue weighted by molar-refractivity contribution is -0.385. The summed E-state index contributed by atoms with van der Waals surface area (Å²) in [6.45, 7) is -0.179. The summed E-state index contributed by atoms with van der Waals surface area (Å²) in [6, 6.07) is 8.14. The van der Waals surface area contributed by atoms with Gasteiger partial charge in [0, 0.05) is 12.1 Å². The number of halogens is 2. The Morgan fingerprint density at radius 2 is 1.94 bits per heavy atom. The molecule has 0 spiro atoms. The number of amides is 3. The van der Waals surface area contributed by atoms with Gasteiger partial charge in [0.05, 0.1) is 27.5 Å². The van der Waals surface area contributed by atoms with Gasteiger partial charge in [0.15, 0.2) is 5.75 Å². The topological polar surface area (TPSA) is 154 Å². The highest BCUT2D eigenvalue weighted by Gasteiger charge is 2.34. The molecule has 0 radical (unpaired) electrons. The Labute approximate surface area is 219 Å². The van der Waals surface area contributed by atoms with Gasteiger partial charge < -0.3 is 19.2 Å². The molecule has 0 aliphatic carbocycles. The maximum absolute atomic E-state index is 12.8. The number of benzene rings is 1. The number of rotatable bonds is 7. The number of imide groups is 1. The lowest BCUT2D eigenvalue weighted by Crippen LogP contribution is -2.30. The number of carbonyl (C=O) groups is 3. The van der Waals surface area contributed by atoms with Crippen LogP contribution < -0.4 is 10.1 Å². The number of carbonyl (C=O) groups excluding carboxylic acids is 3. The van der Waals surface area contributed by atoms with Crippen LogP contribution in [0.4, 0.5) is 10.5 Å². The zero-order valence-electron chi connectivity index (χ0n) is 18.2. The zero-order chi connectivity index (χ0) is 26.0. The van der Waals surface area contributed by atoms with Crippen molar-refractivity contribution in [3.05, 3.63) is 84.4 Å². The number of esters is 1. The zero-order valence-corrected chi connectivity index (χ0v) is 21.4. The van der Waals surface area contributed by atoms with Crippen LogP contribution in [0.15, 0.2) is 61.7 Å². The second-order valence-electron chi connectivity index (χ2n) is 7.16. The number of nitrogens with zero attached hydrogens (tertiary/aromatic N) is 3. The van der Waals surface area contributed by atoms with E-state index in [1.807, 2.05) is 0 Å². The van der Waals surface area contributed by atoms with Crippen molar-refractivity contribution >= 4 is 61.5 Å². The lowest BCUT2D eigenvalue weighted by Gasteiger charge is -2.10. The summed E-state index contributed by atoms with van der Waals surface area (Å²) in [5.74, 6) is -0.592. The molecular weight excluding hydrogens is 608 g/mol. The Morgan fingerprint density at radius 1 is 1.22 bits per heavy atom. The number of ether oxygens (including phenoxy) is 2. The second kappa shape index (κ2) is 10.3. The van der Waals surface area contributed by atoms with E-state index in [0.29, 0.717) is 20.3 Å². The standard InChI is InChI=1S/C22H14Br2N4O8/c1-34-21(30)17-4-3-13(35-17)10-27-20(29)16(26-22(27)31)8-11-6-14(23)19(15(24)7-11)36-18-5-2-12(9-25-18)28(32)33/h2-9H,10H2,1H3,(H,26,31)/b16-8-. The first-order chi connectivity index (χ1) is 17.2. The molecule has 2 aromatic heterocycles. The van der Waals surface area contributed by atoms with Gasteiger partial charge in [-0.1, -0.05) is 0 Å². The number of hydrogen-bond acceptors (Lipinski definition) is 9. The van der Waals surface area contributed by atoms with Gasteiger partial charge in [-0.15, -0.1) is 0 Å². The Kier molecular flexibility index (Phi) is 7.17.